The maximum atomic E-state index is 7.25. The highest BCUT2D eigenvalue weighted by molar-refractivity contribution is 5.92. The monoisotopic (exact) mass is 270 g/mol. The van der Waals surface area contributed by atoms with Gasteiger partial charge in [0.1, 0.15) is 17.3 Å². The summed E-state index contributed by atoms with van der Waals surface area (Å²) < 4.78 is 5.64. The molecule has 104 valence electrons. The lowest BCUT2D eigenvalue weighted by atomic mass is 9.98. The molecule has 0 unspecified atom stereocenters. The Kier molecular flexibility index (Phi) is 3.98. The first-order chi connectivity index (χ1) is 9.47. The van der Waals surface area contributed by atoms with Crippen molar-refractivity contribution in [3.8, 4) is 11.6 Å². The standard InChI is InChI=1S/C15H18N4O/c1-9(2)12-5-4-11(6-10(12)3)20-14-8-18-13(7-19-14)15(16)17/h4-9H,1-3H3,(H3,16,17). The Morgan fingerprint density at radius 3 is 2.50 bits per heavy atom. The van der Waals surface area contributed by atoms with Gasteiger partial charge in [0.05, 0.1) is 12.4 Å². The lowest BCUT2D eigenvalue weighted by Gasteiger charge is -2.11. The molecule has 0 aliphatic carbocycles. The smallest absolute Gasteiger partial charge is 0.237 e. The molecule has 0 saturated carbocycles. The van der Waals surface area contributed by atoms with Crippen LogP contribution in [0.2, 0.25) is 0 Å². The minimum absolute atomic E-state index is 0.110. The number of aryl methyl sites for hydroxylation is 1. The molecule has 0 radical (unpaired) electrons. The van der Waals surface area contributed by atoms with Crippen LogP contribution in [0, 0.1) is 12.3 Å². The van der Waals surface area contributed by atoms with E-state index in [0.29, 0.717) is 17.5 Å². The molecule has 0 fully saturated rings. The lowest BCUT2D eigenvalue weighted by Crippen LogP contribution is -2.13. The van der Waals surface area contributed by atoms with E-state index in [-0.39, 0.29) is 5.84 Å². The molecule has 1 heterocycles. The van der Waals surface area contributed by atoms with Crippen molar-refractivity contribution in [3.05, 3.63) is 47.4 Å². The average molecular weight is 270 g/mol. The average Bonchev–Trinajstić information content (AvgIpc) is 2.39. The fourth-order valence-corrected chi connectivity index (χ4v) is 1.99. The van der Waals surface area contributed by atoms with E-state index in [4.69, 9.17) is 15.9 Å². The summed E-state index contributed by atoms with van der Waals surface area (Å²) in [6, 6.07) is 5.96. The van der Waals surface area contributed by atoms with Gasteiger partial charge in [-0.05, 0) is 36.1 Å². The molecule has 0 atom stereocenters. The molecule has 1 aromatic carbocycles. The zero-order valence-corrected chi connectivity index (χ0v) is 11.8. The number of rotatable bonds is 4. The van der Waals surface area contributed by atoms with E-state index in [1.54, 1.807) is 0 Å². The zero-order valence-electron chi connectivity index (χ0n) is 11.8. The third-order valence-electron chi connectivity index (χ3n) is 2.99. The van der Waals surface area contributed by atoms with Gasteiger partial charge in [-0.25, -0.2) is 9.97 Å². The second-order valence-electron chi connectivity index (χ2n) is 4.93. The fraction of sp³-hybridized carbons (Fsp3) is 0.267. The Morgan fingerprint density at radius 2 is 2.00 bits per heavy atom. The van der Waals surface area contributed by atoms with Crippen LogP contribution in [0.25, 0.3) is 0 Å². The van der Waals surface area contributed by atoms with Gasteiger partial charge in [-0.1, -0.05) is 19.9 Å². The van der Waals surface area contributed by atoms with E-state index in [1.165, 1.54) is 23.5 Å². The highest BCUT2D eigenvalue weighted by Crippen LogP contribution is 2.25. The van der Waals surface area contributed by atoms with Crippen molar-refractivity contribution in [1.82, 2.24) is 9.97 Å². The Bertz CT molecular complexity index is 620. The maximum Gasteiger partial charge on any atom is 0.237 e. The van der Waals surface area contributed by atoms with Crippen LogP contribution in [-0.4, -0.2) is 15.8 Å². The van der Waals surface area contributed by atoms with Crippen LogP contribution in [0.4, 0.5) is 0 Å². The number of nitrogens with two attached hydrogens (primary N) is 1. The highest BCUT2D eigenvalue weighted by Gasteiger charge is 2.06. The zero-order chi connectivity index (χ0) is 14.7. The van der Waals surface area contributed by atoms with Crippen LogP contribution in [-0.2, 0) is 0 Å². The van der Waals surface area contributed by atoms with E-state index in [2.05, 4.69) is 36.8 Å². The highest BCUT2D eigenvalue weighted by atomic mass is 16.5. The largest absolute Gasteiger partial charge is 0.437 e. The molecule has 20 heavy (non-hydrogen) atoms. The molecule has 1 aromatic heterocycles. The minimum atomic E-state index is -0.110. The lowest BCUT2D eigenvalue weighted by molar-refractivity contribution is 0.459. The third-order valence-corrected chi connectivity index (χ3v) is 2.99. The Labute approximate surface area is 118 Å². The molecular formula is C15H18N4O. The van der Waals surface area contributed by atoms with Gasteiger partial charge in [0.15, 0.2) is 0 Å². The molecule has 2 aromatic rings. The normalized spacial score (nSPS) is 10.6. The molecule has 3 N–H and O–H groups in total. The van der Waals surface area contributed by atoms with E-state index >= 15 is 0 Å². The van der Waals surface area contributed by atoms with Gasteiger partial charge in [0, 0.05) is 0 Å². The van der Waals surface area contributed by atoms with Crippen LogP contribution < -0.4 is 10.5 Å². The van der Waals surface area contributed by atoms with Crippen LogP contribution in [0.5, 0.6) is 11.6 Å². The second kappa shape index (κ2) is 5.69. The number of hydrogen-bond acceptors (Lipinski definition) is 4. The van der Waals surface area contributed by atoms with Gasteiger partial charge in [0.25, 0.3) is 0 Å². The number of nitrogens with zero attached hydrogens (tertiary/aromatic N) is 2. The number of benzene rings is 1. The van der Waals surface area contributed by atoms with Crippen LogP contribution in [0.15, 0.2) is 30.6 Å². The van der Waals surface area contributed by atoms with Gasteiger partial charge in [0.2, 0.25) is 5.88 Å². The van der Waals surface area contributed by atoms with E-state index in [9.17, 15) is 0 Å². The van der Waals surface area contributed by atoms with Crippen molar-refractivity contribution in [1.29, 1.82) is 5.41 Å². The molecule has 5 nitrogen and oxygen atoms in total. The van der Waals surface area contributed by atoms with Crippen molar-refractivity contribution >= 4 is 5.84 Å². The van der Waals surface area contributed by atoms with Gasteiger partial charge in [-0.3, -0.25) is 5.41 Å². The number of hydrogen-bond donors (Lipinski definition) is 2. The quantitative estimate of drug-likeness (QED) is 0.660. The Hall–Kier alpha value is -2.43. The van der Waals surface area contributed by atoms with E-state index < -0.39 is 0 Å². The Balaban J connectivity index is 2.17. The van der Waals surface area contributed by atoms with Gasteiger partial charge >= 0.3 is 0 Å². The van der Waals surface area contributed by atoms with Crippen molar-refractivity contribution in [2.24, 2.45) is 5.73 Å². The molecule has 0 spiro atoms. The molecule has 0 saturated heterocycles. The summed E-state index contributed by atoms with van der Waals surface area (Å²) in [4.78, 5) is 8.08. The number of ether oxygens (including phenoxy) is 1. The molecule has 0 bridgehead atoms. The van der Waals surface area contributed by atoms with Crippen LogP contribution in [0.1, 0.15) is 36.6 Å². The first-order valence-corrected chi connectivity index (χ1v) is 6.42. The summed E-state index contributed by atoms with van der Waals surface area (Å²) in [5.74, 6) is 1.48. The number of nitrogens with one attached hydrogen (secondary N) is 1. The first kappa shape index (κ1) is 14.0. The minimum Gasteiger partial charge on any atom is -0.437 e. The predicted molar refractivity (Wildman–Crippen MR) is 78.4 cm³/mol. The fourth-order valence-electron chi connectivity index (χ4n) is 1.99. The maximum absolute atomic E-state index is 7.25. The summed E-state index contributed by atoms with van der Waals surface area (Å²) in [6.45, 7) is 6.39. The summed E-state index contributed by atoms with van der Waals surface area (Å²) in [5, 5.41) is 7.25. The molecule has 0 aliphatic rings. The Morgan fingerprint density at radius 1 is 1.25 bits per heavy atom. The number of aromatic nitrogens is 2. The van der Waals surface area contributed by atoms with Crippen molar-refractivity contribution < 1.29 is 4.74 Å². The van der Waals surface area contributed by atoms with Crippen LogP contribution in [0.3, 0.4) is 0 Å². The molecule has 0 aliphatic heterocycles. The van der Waals surface area contributed by atoms with Crippen molar-refractivity contribution in [2.45, 2.75) is 26.7 Å². The molecule has 2 rings (SSSR count). The molecule has 5 heteroatoms. The third kappa shape index (κ3) is 3.12. The summed E-state index contributed by atoms with van der Waals surface area (Å²) >= 11 is 0. The van der Waals surface area contributed by atoms with E-state index in [1.807, 2.05) is 12.1 Å². The summed E-state index contributed by atoms with van der Waals surface area (Å²) in [7, 11) is 0. The van der Waals surface area contributed by atoms with Crippen molar-refractivity contribution in [3.63, 3.8) is 0 Å². The topological polar surface area (TPSA) is 84.9 Å². The summed E-state index contributed by atoms with van der Waals surface area (Å²) in [5.41, 5.74) is 8.15. The van der Waals surface area contributed by atoms with Gasteiger partial charge in [-0.2, -0.15) is 0 Å². The van der Waals surface area contributed by atoms with Gasteiger partial charge < -0.3 is 10.5 Å². The summed E-state index contributed by atoms with van der Waals surface area (Å²) in [6.07, 6.45) is 2.88. The van der Waals surface area contributed by atoms with Crippen molar-refractivity contribution in [2.75, 3.05) is 0 Å². The molecule has 0 amide bonds. The molecular weight excluding hydrogens is 252 g/mol. The van der Waals surface area contributed by atoms with Gasteiger partial charge in [-0.15, -0.1) is 0 Å². The number of amidine groups is 1. The SMILES string of the molecule is Cc1cc(Oc2cnc(C(=N)N)cn2)ccc1C(C)C. The second-order valence-corrected chi connectivity index (χ2v) is 4.93. The first-order valence-electron chi connectivity index (χ1n) is 6.42. The van der Waals surface area contributed by atoms with E-state index in [0.717, 1.165) is 5.75 Å². The predicted octanol–water partition coefficient (Wildman–Crippen LogP) is 2.98. The number of nitrogen functional groups attached to an aromatic ring is 1. The van der Waals surface area contributed by atoms with Crippen LogP contribution >= 0.6 is 0 Å².